The van der Waals surface area contributed by atoms with Crippen LogP contribution < -0.4 is 11.1 Å². The van der Waals surface area contributed by atoms with E-state index in [4.69, 9.17) is 15.3 Å². The SMILES string of the molecule is CO/N=C(\C(=O)N[C@@H]1C(=O)N2C(C(=O)O)=C(SCC3=CC(=O)OC3)CS[C@H]12)c1csc(N)n1. The fourth-order valence-corrected chi connectivity index (χ4v) is 6.41. The second-order valence-corrected chi connectivity index (χ2v) is 9.90. The van der Waals surface area contributed by atoms with E-state index in [1.54, 1.807) is 0 Å². The van der Waals surface area contributed by atoms with E-state index >= 15 is 0 Å². The van der Waals surface area contributed by atoms with Gasteiger partial charge in [0.1, 0.15) is 36.5 Å². The van der Waals surface area contributed by atoms with Gasteiger partial charge in [0.2, 0.25) is 0 Å². The number of nitrogens with two attached hydrogens (primary N) is 1. The van der Waals surface area contributed by atoms with Crippen LogP contribution in [-0.2, 0) is 28.8 Å². The Morgan fingerprint density at radius 2 is 2.27 bits per heavy atom. The third kappa shape index (κ3) is 4.56. The lowest BCUT2D eigenvalue weighted by Gasteiger charge is -2.49. The number of cyclic esters (lactones) is 1. The summed E-state index contributed by atoms with van der Waals surface area (Å²) < 4.78 is 4.85. The summed E-state index contributed by atoms with van der Waals surface area (Å²) in [6.07, 6.45) is 1.38. The zero-order chi connectivity index (χ0) is 23.7. The van der Waals surface area contributed by atoms with Crippen molar-refractivity contribution in [3.63, 3.8) is 0 Å². The number of aliphatic carboxylic acids is 1. The number of amides is 2. The number of thioether (sulfide) groups is 2. The average molecular weight is 512 g/mol. The van der Waals surface area contributed by atoms with Crippen molar-refractivity contribution in [3.05, 3.63) is 33.3 Å². The molecule has 0 saturated carbocycles. The van der Waals surface area contributed by atoms with Gasteiger partial charge in [-0.2, -0.15) is 0 Å². The molecule has 0 aliphatic carbocycles. The van der Waals surface area contributed by atoms with Crippen LogP contribution in [-0.4, -0.2) is 81.1 Å². The molecule has 4 heterocycles. The number of aromatic nitrogens is 1. The molecule has 0 radical (unpaired) electrons. The lowest BCUT2D eigenvalue weighted by Crippen LogP contribution is -2.71. The molecular formula is C18H17N5O7S3. The lowest BCUT2D eigenvalue weighted by atomic mass is 10.0. The maximum atomic E-state index is 12.8. The molecule has 3 aliphatic heterocycles. The minimum absolute atomic E-state index is 0.122. The number of carbonyl (C=O) groups excluding carboxylic acids is 3. The van der Waals surface area contributed by atoms with Crippen molar-refractivity contribution in [2.24, 2.45) is 5.16 Å². The van der Waals surface area contributed by atoms with Crippen LogP contribution in [0.4, 0.5) is 5.13 Å². The molecule has 0 spiro atoms. The van der Waals surface area contributed by atoms with Gasteiger partial charge in [0.25, 0.3) is 11.8 Å². The van der Waals surface area contributed by atoms with Crippen LogP contribution >= 0.6 is 34.9 Å². The predicted octanol–water partition coefficient (Wildman–Crippen LogP) is -0.0117. The number of carboxylic acids is 1. The smallest absolute Gasteiger partial charge is 0.353 e. The van der Waals surface area contributed by atoms with Gasteiger partial charge in [-0.25, -0.2) is 14.6 Å². The molecular weight excluding hydrogens is 494 g/mol. The number of nitrogens with one attached hydrogen (secondary N) is 1. The van der Waals surface area contributed by atoms with E-state index in [9.17, 15) is 24.3 Å². The standard InChI is InChI=1S/C18H17N5O7S3/c1-29-22-11(8-5-33-18(19)20-8)14(25)21-12-15(26)23-13(17(27)28)9(6-32-16(12)23)31-4-7-2-10(24)30-3-7/h2,5,12,16H,3-4,6H2,1H3,(H2,19,20)(H,21,25)(H,27,28)/b22-11-/t12-,16-/m1/s1. The normalized spacial score (nSPS) is 22.4. The number of nitrogens with zero attached hydrogens (tertiary/aromatic N) is 3. The fourth-order valence-electron chi connectivity index (χ4n) is 3.28. The van der Waals surface area contributed by atoms with Crippen LogP contribution in [0.5, 0.6) is 0 Å². The average Bonchev–Trinajstić information content (AvgIpc) is 3.40. The summed E-state index contributed by atoms with van der Waals surface area (Å²) in [5.74, 6) is -2.21. The van der Waals surface area contributed by atoms with Crippen LogP contribution in [0.25, 0.3) is 0 Å². The number of fused-ring (bicyclic) bond motifs is 1. The number of oxime groups is 1. The van der Waals surface area contributed by atoms with Crippen LogP contribution in [0, 0.1) is 0 Å². The van der Waals surface area contributed by atoms with Crippen molar-refractivity contribution in [1.29, 1.82) is 0 Å². The van der Waals surface area contributed by atoms with Crippen molar-refractivity contribution < 1.29 is 33.9 Å². The van der Waals surface area contributed by atoms with Gasteiger partial charge in [-0.1, -0.05) is 5.16 Å². The number of nitrogen functional groups attached to an aromatic ring is 1. The van der Waals surface area contributed by atoms with Gasteiger partial charge in [0, 0.05) is 27.9 Å². The number of hydrogen-bond acceptors (Lipinski definition) is 12. The Hall–Kier alpha value is -3.04. The summed E-state index contributed by atoms with van der Waals surface area (Å²) >= 11 is 3.69. The number of thiazole rings is 1. The van der Waals surface area contributed by atoms with Gasteiger partial charge >= 0.3 is 11.9 Å². The summed E-state index contributed by atoms with van der Waals surface area (Å²) in [5.41, 5.74) is 6.28. The van der Waals surface area contributed by atoms with Gasteiger partial charge in [0.15, 0.2) is 10.8 Å². The summed E-state index contributed by atoms with van der Waals surface area (Å²) in [5, 5.41) is 17.2. The first kappa shape index (κ1) is 23.1. The topological polar surface area (TPSA) is 174 Å². The largest absolute Gasteiger partial charge is 0.477 e. The lowest BCUT2D eigenvalue weighted by molar-refractivity contribution is -0.150. The third-order valence-electron chi connectivity index (χ3n) is 4.74. The van der Waals surface area contributed by atoms with Crippen LogP contribution in [0.3, 0.4) is 0 Å². The minimum atomic E-state index is -1.24. The molecule has 12 nitrogen and oxygen atoms in total. The van der Waals surface area contributed by atoms with Crippen LogP contribution in [0.15, 0.2) is 32.8 Å². The first-order chi connectivity index (χ1) is 15.8. The molecule has 4 rings (SSSR count). The molecule has 1 aromatic rings. The predicted molar refractivity (Wildman–Crippen MR) is 121 cm³/mol. The number of esters is 1. The number of hydrogen-bond donors (Lipinski definition) is 3. The molecule has 1 aromatic heterocycles. The Kier molecular flexibility index (Phi) is 6.62. The molecule has 2 amide bonds. The second kappa shape index (κ2) is 9.44. The first-order valence-electron chi connectivity index (χ1n) is 9.33. The summed E-state index contributed by atoms with van der Waals surface area (Å²) in [6.45, 7) is 0.171. The van der Waals surface area contributed by atoms with E-state index in [1.807, 2.05) is 0 Å². The van der Waals surface area contributed by atoms with Crippen molar-refractivity contribution in [3.8, 4) is 0 Å². The zero-order valence-corrected chi connectivity index (χ0v) is 19.4. The Morgan fingerprint density at radius 1 is 1.48 bits per heavy atom. The Bertz CT molecular complexity index is 1130. The van der Waals surface area contributed by atoms with E-state index in [-0.39, 0.29) is 28.8 Å². The van der Waals surface area contributed by atoms with Crippen molar-refractivity contribution >= 4 is 69.5 Å². The number of ether oxygens (including phenoxy) is 1. The number of anilines is 1. The van der Waals surface area contributed by atoms with E-state index in [1.165, 1.54) is 47.0 Å². The van der Waals surface area contributed by atoms with Gasteiger partial charge in [0.05, 0.1) is 0 Å². The van der Waals surface area contributed by atoms with E-state index in [0.717, 1.165) is 16.9 Å². The summed E-state index contributed by atoms with van der Waals surface area (Å²) in [4.78, 5) is 59.1. The number of carboxylic acid groups (broad SMARTS) is 1. The Labute approximate surface area is 199 Å². The molecule has 15 heteroatoms. The maximum Gasteiger partial charge on any atom is 0.353 e. The van der Waals surface area contributed by atoms with Gasteiger partial charge in [-0.05, 0) is 5.57 Å². The number of rotatable bonds is 8. The summed E-state index contributed by atoms with van der Waals surface area (Å²) in [7, 11) is 1.27. The highest BCUT2D eigenvalue weighted by atomic mass is 32.2. The van der Waals surface area contributed by atoms with Gasteiger partial charge in [-0.3, -0.25) is 14.5 Å². The van der Waals surface area contributed by atoms with E-state index in [0.29, 0.717) is 16.4 Å². The monoisotopic (exact) mass is 511 g/mol. The first-order valence-corrected chi connectivity index (χ1v) is 12.2. The van der Waals surface area contributed by atoms with Crippen LogP contribution in [0.1, 0.15) is 5.69 Å². The molecule has 3 aliphatic rings. The molecule has 0 aromatic carbocycles. The molecule has 174 valence electrons. The van der Waals surface area contributed by atoms with E-state index < -0.39 is 35.2 Å². The van der Waals surface area contributed by atoms with Crippen molar-refractivity contribution in [2.75, 3.05) is 31.0 Å². The fraction of sp³-hybridized carbons (Fsp3) is 0.333. The highest BCUT2D eigenvalue weighted by Gasteiger charge is 2.54. The molecule has 4 N–H and O–H groups in total. The molecule has 2 atom stereocenters. The third-order valence-corrected chi connectivity index (χ3v) is 8.08. The molecule has 33 heavy (non-hydrogen) atoms. The molecule has 1 saturated heterocycles. The van der Waals surface area contributed by atoms with Gasteiger partial charge < -0.3 is 25.7 Å². The van der Waals surface area contributed by atoms with E-state index in [2.05, 4.69) is 15.5 Å². The number of carbonyl (C=O) groups is 4. The number of β-lactam (4-membered cyclic amide) rings is 1. The van der Waals surface area contributed by atoms with Gasteiger partial charge in [-0.15, -0.1) is 34.9 Å². The molecule has 1 fully saturated rings. The van der Waals surface area contributed by atoms with Crippen LogP contribution in [0.2, 0.25) is 0 Å². The summed E-state index contributed by atoms with van der Waals surface area (Å²) in [6, 6.07) is -0.940. The Balaban J connectivity index is 1.48. The minimum Gasteiger partial charge on any atom is -0.477 e. The molecule has 0 bridgehead atoms. The van der Waals surface area contributed by atoms with Crippen molar-refractivity contribution in [2.45, 2.75) is 11.4 Å². The highest BCUT2D eigenvalue weighted by Crippen LogP contribution is 2.43. The quantitative estimate of drug-likeness (QED) is 0.185. The van der Waals surface area contributed by atoms with Crippen molar-refractivity contribution in [1.82, 2.24) is 15.2 Å². The Morgan fingerprint density at radius 3 is 2.88 bits per heavy atom. The maximum absolute atomic E-state index is 12.8. The highest BCUT2D eigenvalue weighted by molar-refractivity contribution is 8.06. The zero-order valence-electron chi connectivity index (χ0n) is 17.0. The molecule has 0 unspecified atom stereocenters. The second-order valence-electron chi connectivity index (χ2n) is 6.83.